The van der Waals surface area contributed by atoms with Gasteiger partial charge in [0.05, 0.1) is 6.04 Å². The highest BCUT2D eigenvalue weighted by Gasteiger charge is 2.28. The van der Waals surface area contributed by atoms with E-state index in [-0.39, 0.29) is 11.9 Å². The lowest BCUT2D eigenvalue weighted by Gasteiger charge is -2.25. The number of amides is 2. The van der Waals surface area contributed by atoms with Crippen LogP contribution in [0.15, 0.2) is 48.5 Å². The van der Waals surface area contributed by atoms with E-state index in [1.54, 1.807) is 29.2 Å². The fourth-order valence-corrected chi connectivity index (χ4v) is 3.06. The first-order valence-electron chi connectivity index (χ1n) is 7.33. The maximum Gasteiger partial charge on any atom is 0.254 e. The summed E-state index contributed by atoms with van der Waals surface area (Å²) in [6, 6.07) is 14.8. The first kappa shape index (κ1) is 14.3. The normalized spacial score (nSPS) is 16.1. The van der Waals surface area contributed by atoms with Crippen LogP contribution in [0.2, 0.25) is 0 Å². The smallest absolute Gasteiger partial charge is 0.254 e. The third-order valence-corrected chi connectivity index (χ3v) is 4.31. The monoisotopic (exact) mass is 294 g/mol. The van der Waals surface area contributed by atoms with Crippen LogP contribution >= 0.6 is 0 Å². The second kappa shape index (κ2) is 5.64. The van der Waals surface area contributed by atoms with E-state index >= 15 is 0 Å². The third-order valence-electron chi connectivity index (χ3n) is 4.31. The number of carbonyl (C=O) groups is 2. The summed E-state index contributed by atoms with van der Waals surface area (Å²) in [4.78, 5) is 25.5. The fraction of sp³-hybridized carbons (Fsp3) is 0.222. The number of hydrogen-bond donors (Lipinski definition) is 1. The molecule has 1 aliphatic carbocycles. The van der Waals surface area contributed by atoms with Gasteiger partial charge < -0.3 is 10.6 Å². The van der Waals surface area contributed by atoms with Gasteiger partial charge in [0.15, 0.2) is 0 Å². The summed E-state index contributed by atoms with van der Waals surface area (Å²) in [6.07, 6.45) is 1.94. The number of primary amides is 1. The fourth-order valence-electron chi connectivity index (χ4n) is 3.06. The van der Waals surface area contributed by atoms with E-state index in [9.17, 15) is 9.59 Å². The van der Waals surface area contributed by atoms with E-state index in [0.717, 1.165) is 12.8 Å². The molecular weight excluding hydrogens is 276 g/mol. The molecule has 112 valence electrons. The van der Waals surface area contributed by atoms with E-state index in [1.165, 1.54) is 11.1 Å². The molecule has 4 heteroatoms. The molecule has 2 aromatic carbocycles. The Morgan fingerprint density at radius 2 is 1.68 bits per heavy atom. The zero-order valence-electron chi connectivity index (χ0n) is 12.5. The van der Waals surface area contributed by atoms with Gasteiger partial charge in [-0.25, -0.2) is 0 Å². The molecule has 2 aromatic rings. The molecule has 1 aliphatic rings. The molecule has 2 amide bonds. The Morgan fingerprint density at radius 1 is 1.05 bits per heavy atom. The van der Waals surface area contributed by atoms with Crippen LogP contribution in [0, 0.1) is 0 Å². The lowest BCUT2D eigenvalue weighted by atomic mass is 10.1. The second-order valence-corrected chi connectivity index (χ2v) is 5.61. The van der Waals surface area contributed by atoms with E-state index in [2.05, 4.69) is 12.1 Å². The van der Waals surface area contributed by atoms with Gasteiger partial charge in [0.25, 0.3) is 5.91 Å². The minimum Gasteiger partial charge on any atom is -0.366 e. The first-order chi connectivity index (χ1) is 10.6. The van der Waals surface area contributed by atoms with E-state index < -0.39 is 5.91 Å². The molecule has 2 N–H and O–H groups in total. The highest BCUT2D eigenvalue weighted by Crippen LogP contribution is 2.35. The number of nitrogens with zero attached hydrogens (tertiary/aromatic N) is 1. The first-order valence-corrected chi connectivity index (χ1v) is 7.33. The van der Waals surface area contributed by atoms with Crippen molar-refractivity contribution in [2.75, 3.05) is 7.05 Å². The highest BCUT2D eigenvalue weighted by molar-refractivity contribution is 5.97. The van der Waals surface area contributed by atoms with Crippen LogP contribution in [0.5, 0.6) is 0 Å². The molecule has 0 heterocycles. The Morgan fingerprint density at radius 3 is 2.36 bits per heavy atom. The van der Waals surface area contributed by atoms with Crippen LogP contribution < -0.4 is 5.73 Å². The van der Waals surface area contributed by atoms with Gasteiger partial charge in [-0.1, -0.05) is 24.3 Å². The molecule has 0 saturated heterocycles. The molecule has 0 fully saturated rings. The van der Waals surface area contributed by atoms with Crippen LogP contribution in [0.3, 0.4) is 0 Å². The van der Waals surface area contributed by atoms with Crippen LogP contribution in [0.25, 0.3) is 0 Å². The highest BCUT2D eigenvalue weighted by atomic mass is 16.2. The van der Waals surface area contributed by atoms with Crippen molar-refractivity contribution in [1.29, 1.82) is 0 Å². The minimum atomic E-state index is -0.489. The van der Waals surface area contributed by atoms with Crippen molar-refractivity contribution in [3.05, 3.63) is 70.8 Å². The number of carbonyl (C=O) groups excluding carboxylic acids is 2. The zero-order chi connectivity index (χ0) is 15.7. The van der Waals surface area contributed by atoms with Gasteiger partial charge in [-0.05, 0) is 48.2 Å². The molecule has 22 heavy (non-hydrogen) atoms. The maximum absolute atomic E-state index is 12.6. The third kappa shape index (κ3) is 2.48. The van der Waals surface area contributed by atoms with Crippen LogP contribution in [0.4, 0.5) is 0 Å². The number of hydrogen-bond acceptors (Lipinski definition) is 2. The quantitative estimate of drug-likeness (QED) is 0.945. The van der Waals surface area contributed by atoms with Crippen molar-refractivity contribution < 1.29 is 9.59 Å². The number of aryl methyl sites for hydroxylation is 1. The SMILES string of the molecule is CN(C(=O)c1ccc(C(N)=O)cc1)C1CCc2ccccc21. The Balaban J connectivity index is 1.82. The number of benzene rings is 2. The Hall–Kier alpha value is -2.62. The summed E-state index contributed by atoms with van der Waals surface area (Å²) < 4.78 is 0. The van der Waals surface area contributed by atoms with Crippen molar-refractivity contribution in [3.8, 4) is 0 Å². The van der Waals surface area contributed by atoms with E-state index in [1.807, 2.05) is 19.2 Å². The molecule has 4 nitrogen and oxygen atoms in total. The van der Waals surface area contributed by atoms with E-state index in [0.29, 0.717) is 11.1 Å². The van der Waals surface area contributed by atoms with Gasteiger partial charge in [-0.15, -0.1) is 0 Å². The Labute approximate surface area is 129 Å². The predicted molar refractivity (Wildman–Crippen MR) is 84.6 cm³/mol. The molecule has 0 saturated carbocycles. The molecule has 0 aromatic heterocycles. The lowest BCUT2D eigenvalue weighted by molar-refractivity contribution is 0.0730. The van der Waals surface area contributed by atoms with Gasteiger partial charge in [0, 0.05) is 18.2 Å². The number of rotatable bonds is 3. The van der Waals surface area contributed by atoms with Gasteiger partial charge in [0.1, 0.15) is 0 Å². The van der Waals surface area contributed by atoms with E-state index in [4.69, 9.17) is 5.73 Å². The van der Waals surface area contributed by atoms with Gasteiger partial charge in [-0.2, -0.15) is 0 Å². The Kier molecular flexibility index (Phi) is 3.67. The van der Waals surface area contributed by atoms with Crippen LogP contribution in [-0.2, 0) is 6.42 Å². The van der Waals surface area contributed by atoms with Gasteiger partial charge >= 0.3 is 0 Å². The molecule has 0 aliphatic heterocycles. The number of nitrogens with two attached hydrogens (primary N) is 1. The van der Waals surface area contributed by atoms with Gasteiger partial charge in [-0.3, -0.25) is 9.59 Å². The average molecular weight is 294 g/mol. The van der Waals surface area contributed by atoms with Crippen molar-refractivity contribution in [2.45, 2.75) is 18.9 Å². The van der Waals surface area contributed by atoms with Crippen molar-refractivity contribution >= 4 is 11.8 Å². The summed E-state index contributed by atoms with van der Waals surface area (Å²) in [7, 11) is 1.83. The molecule has 1 unspecified atom stereocenters. The summed E-state index contributed by atoms with van der Waals surface area (Å²) in [5.41, 5.74) is 8.74. The molecule has 1 atom stereocenters. The molecule has 0 bridgehead atoms. The van der Waals surface area contributed by atoms with Crippen molar-refractivity contribution in [1.82, 2.24) is 4.90 Å². The topological polar surface area (TPSA) is 63.4 Å². The minimum absolute atomic E-state index is 0.0438. The van der Waals surface area contributed by atoms with Crippen LogP contribution in [-0.4, -0.2) is 23.8 Å². The zero-order valence-corrected chi connectivity index (χ0v) is 12.5. The summed E-state index contributed by atoms with van der Waals surface area (Å²) in [5.74, 6) is -0.533. The summed E-state index contributed by atoms with van der Waals surface area (Å²) in [5, 5.41) is 0. The molecule has 0 radical (unpaired) electrons. The van der Waals surface area contributed by atoms with Crippen LogP contribution in [0.1, 0.15) is 44.3 Å². The Bertz CT molecular complexity index is 722. The van der Waals surface area contributed by atoms with Crippen molar-refractivity contribution in [3.63, 3.8) is 0 Å². The van der Waals surface area contributed by atoms with Crippen molar-refractivity contribution in [2.24, 2.45) is 5.73 Å². The lowest BCUT2D eigenvalue weighted by Crippen LogP contribution is -2.30. The summed E-state index contributed by atoms with van der Waals surface area (Å²) >= 11 is 0. The summed E-state index contributed by atoms with van der Waals surface area (Å²) in [6.45, 7) is 0. The predicted octanol–water partition coefficient (Wildman–Crippen LogP) is 2.55. The second-order valence-electron chi connectivity index (χ2n) is 5.61. The average Bonchev–Trinajstić information content (AvgIpc) is 2.97. The molecular formula is C18H18N2O2. The van der Waals surface area contributed by atoms with Gasteiger partial charge in [0.2, 0.25) is 5.91 Å². The maximum atomic E-state index is 12.6. The molecule has 3 rings (SSSR count). The molecule has 0 spiro atoms. The number of fused-ring (bicyclic) bond motifs is 1. The standard InChI is InChI=1S/C18H18N2O2/c1-20(16-11-10-12-4-2-3-5-15(12)16)18(22)14-8-6-13(7-9-14)17(19)21/h2-9,16H,10-11H2,1H3,(H2,19,21). The largest absolute Gasteiger partial charge is 0.366 e.